The lowest BCUT2D eigenvalue weighted by atomic mass is 9.83. The van der Waals surface area contributed by atoms with E-state index in [2.05, 4.69) is 13.8 Å². The minimum atomic E-state index is -0.612. The van der Waals surface area contributed by atoms with Gasteiger partial charge in [0.05, 0.1) is 17.8 Å². The molecule has 2 aliphatic rings. The summed E-state index contributed by atoms with van der Waals surface area (Å²) in [6.07, 6.45) is 6.19. The van der Waals surface area contributed by atoms with Gasteiger partial charge in [-0.2, -0.15) is 0 Å². The number of carbonyl (C=O) groups excluding carboxylic acids is 1. The monoisotopic (exact) mass is 250 g/mol. The maximum Gasteiger partial charge on any atom is 0.181 e. The van der Waals surface area contributed by atoms with Crippen LogP contribution < -0.4 is 0 Å². The number of hydrogen-bond donors (Lipinski definition) is 1. The van der Waals surface area contributed by atoms with E-state index in [-0.39, 0.29) is 22.9 Å². The van der Waals surface area contributed by atoms with Crippen LogP contribution in [0, 0.1) is 5.41 Å². The maximum absolute atomic E-state index is 11.9. The Kier molecular flexibility index (Phi) is 3.24. The molecule has 0 aromatic carbocycles. The van der Waals surface area contributed by atoms with Crippen molar-refractivity contribution in [2.75, 3.05) is 0 Å². The molecule has 1 heterocycles. The maximum atomic E-state index is 11.9. The first kappa shape index (κ1) is 13.5. The van der Waals surface area contributed by atoms with Crippen LogP contribution in [0.5, 0.6) is 0 Å². The van der Waals surface area contributed by atoms with Gasteiger partial charge in [-0.05, 0) is 43.4 Å². The van der Waals surface area contributed by atoms with E-state index < -0.39 is 6.10 Å². The lowest BCUT2D eigenvalue weighted by molar-refractivity contribution is -0.111. The van der Waals surface area contributed by atoms with Gasteiger partial charge in [0.15, 0.2) is 5.78 Å². The molecule has 1 fully saturated rings. The minimum absolute atomic E-state index is 0.0243. The molecule has 0 saturated carbocycles. The van der Waals surface area contributed by atoms with Crippen molar-refractivity contribution in [2.45, 2.75) is 58.3 Å². The first-order valence-corrected chi connectivity index (χ1v) is 6.50. The van der Waals surface area contributed by atoms with Crippen LogP contribution in [0.1, 0.15) is 40.5 Å². The smallest absolute Gasteiger partial charge is 0.181 e. The highest BCUT2D eigenvalue weighted by molar-refractivity contribution is 6.03. The van der Waals surface area contributed by atoms with Gasteiger partial charge in [0.1, 0.15) is 0 Å². The molecule has 0 amide bonds. The molecule has 2 rings (SSSR count). The summed E-state index contributed by atoms with van der Waals surface area (Å²) in [5, 5.41) is 9.97. The Bertz CT molecular complexity index is 419. The topological polar surface area (TPSA) is 49.8 Å². The second-order valence-corrected chi connectivity index (χ2v) is 6.43. The zero-order valence-corrected chi connectivity index (χ0v) is 11.6. The molecule has 0 radical (unpaired) electrons. The van der Waals surface area contributed by atoms with Crippen LogP contribution in [0.2, 0.25) is 0 Å². The molecule has 0 bridgehead atoms. The summed E-state index contributed by atoms with van der Waals surface area (Å²) >= 11 is 0. The Labute approximate surface area is 109 Å². The number of hydrogen-bond acceptors (Lipinski definition) is 3. The second-order valence-electron chi connectivity index (χ2n) is 6.43. The number of ether oxygens (including phenoxy) is 1. The van der Waals surface area contributed by atoms with Crippen molar-refractivity contribution >= 4 is 5.78 Å². The average Bonchev–Trinajstić information content (AvgIpc) is 2.82. The van der Waals surface area contributed by atoms with Crippen LogP contribution >= 0.6 is 0 Å². The zero-order chi connectivity index (χ0) is 13.6. The van der Waals surface area contributed by atoms with E-state index in [1.165, 1.54) is 0 Å². The van der Waals surface area contributed by atoms with Gasteiger partial charge in [0.25, 0.3) is 0 Å². The van der Waals surface area contributed by atoms with Gasteiger partial charge >= 0.3 is 0 Å². The highest BCUT2D eigenvalue weighted by Crippen LogP contribution is 2.46. The van der Waals surface area contributed by atoms with Crippen molar-refractivity contribution in [1.82, 2.24) is 0 Å². The molecular weight excluding hydrogens is 228 g/mol. The third kappa shape index (κ3) is 2.90. The second kappa shape index (κ2) is 4.32. The number of carbonyl (C=O) groups is 1. The molecule has 3 nitrogen and oxygen atoms in total. The summed E-state index contributed by atoms with van der Waals surface area (Å²) in [4.78, 5) is 11.9. The molecule has 1 aliphatic heterocycles. The summed E-state index contributed by atoms with van der Waals surface area (Å²) < 4.78 is 5.74. The summed E-state index contributed by atoms with van der Waals surface area (Å²) in [5.74, 6) is -0.0243. The molecule has 0 unspecified atom stereocenters. The van der Waals surface area contributed by atoms with Crippen molar-refractivity contribution in [3.63, 3.8) is 0 Å². The van der Waals surface area contributed by atoms with E-state index in [9.17, 15) is 9.90 Å². The highest BCUT2D eigenvalue weighted by Gasteiger charge is 2.54. The molecule has 3 heteroatoms. The van der Waals surface area contributed by atoms with Gasteiger partial charge in [-0.3, -0.25) is 4.79 Å². The van der Waals surface area contributed by atoms with Crippen molar-refractivity contribution in [2.24, 2.45) is 5.41 Å². The molecule has 1 saturated heterocycles. The van der Waals surface area contributed by atoms with Crippen LogP contribution in [-0.4, -0.2) is 28.7 Å². The Morgan fingerprint density at radius 2 is 2.00 bits per heavy atom. The standard InChI is InChI=1S/C15H22O3/c1-10-7-11(16)8-15(4)13(18-15)9-14(2,3)6-5-12(10)17/h5-7,11,13,16H,8-9H2,1-4H3/b6-5+,10-7+/t11-,13-,15+/m0/s1. The first-order valence-electron chi connectivity index (χ1n) is 6.50. The van der Waals surface area contributed by atoms with E-state index in [1.54, 1.807) is 19.1 Å². The number of rotatable bonds is 0. The normalized spacial score (nSPS) is 44.3. The molecule has 1 N–H and O–H groups in total. The van der Waals surface area contributed by atoms with Gasteiger partial charge in [-0.15, -0.1) is 0 Å². The fraction of sp³-hybridized carbons (Fsp3) is 0.667. The van der Waals surface area contributed by atoms with E-state index >= 15 is 0 Å². The Morgan fingerprint density at radius 1 is 1.33 bits per heavy atom. The van der Waals surface area contributed by atoms with Gasteiger partial charge < -0.3 is 9.84 Å². The number of ketones is 1. The van der Waals surface area contributed by atoms with Crippen LogP contribution in [0.4, 0.5) is 0 Å². The van der Waals surface area contributed by atoms with Crippen molar-refractivity contribution in [3.8, 4) is 0 Å². The molecule has 0 spiro atoms. The number of epoxide rings is 1. The predicted molar refractivity (Wildman–Crippen MR) is 70.2 cm³/mol. The van der Waals surface area contributed by atoms with E-state index in [0.29, 0.717) is 12.0 Å². The van der Waals surface area contributed by atoms with Crippen LogP contribution in [0.25, 0.3) is 0 Å². The number of allylic oxidation sites excluding steroid dienone is 3. The van der Waals surface area contributed by atoms with Crippen LogP contribution in [-0.2, 0) is 9.53 Å². The Balaban J connectivity index is 2.27. The predicted octanol–water partition coefficient (Wildman–Crippen LogP) is 2.40. The van der Waals surface area contributed by atoms with Gasteiger partial charge in [0, 0.05) is 6.42 Å². The molecule has 0 aromatic heterocycles. The highest BCUT2D eigenvalue weighted by atomic mass is 16.6. The van der Waals surface area contributed by atoms with Gasteiger partial charge in [-0.1, -0.05) is 19.9 Å². The molecule has 18 heavy (non-hydrogen) atoms. The molecule has 100 valence electrons. The fourth-order valence-electron chi connectivity index (χ4n) is 2.55. The largest absolute Gasteiger partial charge is 0.389 e. The van der Waals surface area contributed by atoms with Crippen LogP contribution in [0.15, 0.2) is 23.8 Å². The summed E-state index contributed by atoms with van der Waals surface area (Å²) in [6.45, 7) is 7.98. The number of fused-ring (bicyclic) bond motifs is 1. The van der Waals surface area contributed by atoms with Crippen molar-refractivity contribution < 1.29 is 14.6 Å². The van der Waals surface area contributed by atoms with Crippen molar-refractivity contribution in [3.05, 3.63) is 23.8 Å². The SMILES string of the molecule is C/C1=C\[C@H](O)C[C@@]2(C)O[C@H]2CC(C)(C)/C=C/C1=O. The molecule has 0 aromatic rings. The molecule has 1 aliphatic carbocycles. The fourth-order valence-corrected chi connectivity index (χ4v) is 2.55. The third-order valence-corrected chi connectivity index (χ3v) is 3.88. The first-order chi connectivity index (χ1) is 8.22. The summed E-state index contributed by atoms with van der Waals surface area (Å²) in [7, 11) is 0. The number of aliphatic hydroxyl groups excluding tert-OH is 1. The number of aliphatic hydroxyl groups is 1. The van der Waals surface area contributed by atoms with Gasteiger partial charge in [-0.25, -0.2) is 0 Å². The van der Waals surface area contributed by atoms with Gasteiger partial charge in [0.2, 0.25) is 0 Å². The van der Waals surface area contributed by atoms with E-state index in [1.807, 2.05) is 13.0 Å². The molecular formula is C15H22O3. The van der Waals surface area contributed by atoms with Crippen LogP contribution in [0.3, 0.4) is 0 Å². The van der Waals surface area contributed by atoms with Crippen molar-refractivity contribution in [1.29, 1.82) is 0 Å². The average molecular weight is 250 g/mol. The summed E-state index contributed by atoms with van der Waals surface area (Å²) in [6, 6.07) is 0. The summed E-state index contributed by atoms with van der Waals surface area (Å²) in [5.41, 5.74) is 0.291. The Morgan fingerprint density at radius 3 is 2.67 bits per heavy atom. The quantitative estimate of drug-likeness (QED) is 0.672. The lowest BCUT2D eigenvalue weighted by Crippen LogP contribution is -2.21. The lowest BCUT2D eigenvalue weighted by Gasteiger charge is -2.19. The molecule has 3 atom stereocenters. The zero-order valence-electron chi connectivity index (χ0n) is 11.6. The minimum Gasteiger partial charge on any atom is -0.389 e. The Hall–Kier alpha value is -0.930. The van der Waals surface area contributed by atoms with E-state index in [0.717, 1.165) is 6.42 Å². The van der Waals surface area contributed by atoms with E-state index in [4.69, 9.17) is 4.74 Å². The third-order valence-electron chi connectivity index (χ3n) is 3.88.